The average Bonchev–Trinajstić information content (AvgIpc) is 3.53. The van der Waals surface area contributed by atoms with E-state index in [1.165, 1.54) is 81.3 Å². The van der Waals surface area contributed by atoms with Crippen molar-refractivity contribution < 1.29 is 0 Å². The summed E-state index contributed by atoms with van der Waals surface area (Å²) in [5, 5.41) is 5.14. The molecule has 226 valence electrons. The van der Waals surface area contributed by atoms with Crippen LogP contribution in [0.25, 0.3) is 58.8 Å². The first-order valence-corrected chi connectivity index (χ1v) is 17.5. The molecule has 48 heavy (non-hydrogen) atoms. The molecule has 0 amide bonds. The van der Waals surface area contributed by atoms with Gasteiger partial charge >= 0.3 is 0 Å². The summed E-state index contributed by atoms with van der Waals surface area (Å²) in [6.45, 7) is 0. The van der Waals surface area contributed by atoms with E-state index in [0.29, 0.717) is 5.92 Å². The number of nitrogens with zero attached hydrogens (tertiary/aromatic N) is 1. The normalized spacial score (nSPS) is 15.0. The lowest BCUT2D eigenvalue weighted by Crippen LogP contribution is -2.20. The molecular formula is C46H31NS. The van der Waals surface area contributed by atoms with E-state index in [1.807, 2.05) is 11.3 Å². The zero-order valence-corrected chi connectivity index (χ0v) is 27.1. The Morgan fingerprint density at radius 3 is 2.17 bits per heavy atom. The molecule has 0 bridgehead atoms. The van der Waals surface area contributed by atoms with Crippen LogP contribution in [0.5, 0.6) is 0 Å². The number of fused-ring (bicyclic) bond motifs is 10. The summed E-state index contributed by atoms with van der Waals surface area (Å²) in [5.41, 5.74) is 12.9. The fraction of sp³-hybridized carbons (Fsp3) is 0.0435. The number of thiophene rings is 1. The van der Waals surface area contributed by atoms with Crippen LogP contribution in [0.3, 0.4) is 0 Å². The van der Waals surface area contributed by atoms with Gasteiger partial charge < -0.3 is 4.90 Å². The molecular weight excluding hydrogens is 599 g/mol. The molecule has 0 radical (unpaired) electrons. The van der Waals surface area contributed by atoms with E-state index in [0.717, 1.165) is 12.1 Å². The first-order valence-electron chi connectivity index (χ1n) is 16.7. The number of benzene rings is 7. The minimum Gasteiger partial charge on any atom is -0.310 e. The van der Waals surface area contributed by atoms with Crippen molar-refractivity contribution in [3.05, 3.63) is 187 Å². The van der Waals surface area contributed by atoms with Gasteiger partial charge in [0.2, 0.25) is 0 Å². The Kier molecular flexibility index (Phi) is 6.25. The van der Waals surface area contributed by atoms with Gasteiger partial charge in [-0.15, -0.1) is 11.3 Å². The third-order valence-electron chi connectivity index (χ3n) is 10.2. The highest BCUT2D eigenvalue weighted by molar-refractivity contribution is 7.25. The van der Waals surface area contributed by atoms with Gasteiger partial charge in [0, 0.05) is 42.9 Å². The van der Waals surface area contributed by atoms with Gasteiger partial charge in [0.1, 0.15) is 0 Å². The third kappa shape index (κ3) is 4.30. The fourth-order valence-electron chi connectivity index (χ4n) is 7.98. The van der Waals surface area contributed by atoms with Gasteiger partial charge in [-0.05, 0) is 93.2 Å². The standard InChI is InChI=1S/C46H31NS/c1-2-15-35-30(11-1)12-10-21-44(35)47(34-24-25-40-38-18-4-3-16-36(38)37-17-5-6-19-39(37)42(40)29-34)33-14-9-13-31(27-33)32-23-26-46-43(28-32)41-20-7-8-22-45(41)48-46/h1-24,26-29,40H,25H2. The van der Waals surface area contributed by atoms with Crippen LogP contribution in [-0.2, 0) is 0 Å². The lowest BCUT2D eigenvalue weighted by Gasteiger charge is -2.36. The third-order valence-corrected chi connectivity index (χ3v) is 11.3. The maximum atomic E-state index is 2.48. The number of hydrogen-bond acceptors (Lipinski definition) is 2. The van der Waals surface area contributed by atoms with Gasteiger partial charge in [0.15, 0.2) is 0 Å². The molecule has 1 nitrogen and oxygen atoms in total. The molecule has 1 aromatic heterocycles. The number of anilines is 2. The van der Waals surface area contributed by atoms with E-state index >= 15 is 0 Å². The van der Waals surface area contributed by atoms with E-state index in [-0.39, 0.29) is 0 Å². The van der Waals surface area contributed by atoms with Crippen molar-refractivity contribution in [2.45, 2.75) is 12.3 Å². The summed E-state index contributed by atoms with van der Waals surface area (Å²) in [6.07, 6.45) is 5.87. The second kappa shape index (κ2) is 10.9. The first-order chi connectivity index (χ1) is 23.8. The minimum atomic E-state index is 0.340. The zero-order valence-electron chi connectivity index (χ0n) is 26.3. The Hall–Kier alpha value is -5.70. The smallest absolute Gasteiger partial charge is 0.0539 e. The summed E-state index contributed by atoms with van der Waals surface area (Å²) in [5.74, 6) is 0.340. The van der Waals surface area contributed by atoms with Crippen molar-refractivity contribution in [1.29, 1.82) is 0 Å². The highest BCUT2D eigenvalue weighted by Gasteiger charge is 2.31. The molecule has 0 aliphatic heterocycles. The maximum Gasteiger partial charge on any atom is 0.0539 e. The van der Waals surface area contributed by atoms with Gasteiger partial charge in [0.05, 0.1) is 5.69 Å². The molecule has 8 aromatic rings. The highest BCUT2D eigenvalue weighted by atomic mass is 32.1. The summed E-state index contributed by atoms with van der Waals surface area (Å²) in [7, 11) is 0. The van der Waals surface area contributed by atoms with Gasteiger partial charge in [-0.3, -0.25) is 0 Å². The predicted octanol–water partition coefficient (Wildman–Crippen LogP) is 13.1. The van der Waals surface area contributed by atoms with Gasteiger partial charge in [-0.1, -0.05) is 127 Å². The van der Waals surface area contributed by atoms with Gasteiger partial charge in [-0.2, -0.15) is 0 Å². The van der Waals surface area contributed by atoms with E-state index in [4.69, 9.17) is 0 Å². The van der Waals surface area contributed by atoms with Crippen molar-refractivity contribution in [3.63, 3.8) is 0 Å². The SMILES string of the molecule is C1=C2c3ccccc3-c3ccccc3C2CC=C1N(c1cccc(-c2ccc3sc4ccccc4c3c2)c1)c1cccc2ccccc12. The highest BCUT2D eigenvalue weighted by Crippen LogP contribution is 2.51. The Balaban J connectivity index is 1.15. The largest absolute Gasteiger partial charge is 0.310 e. The van der Waals surface area contributed by atoms with Crippen LogP contribution in [0.15, 0.2) is 176 Å². The molecule has 0 saturated carbocycles. The quantitative estimate of drug-likeness (QED) is 0.187. The summed E-state index contributed by atoms with van der Waals surface area (Å²) in [4.78, 5) is 2.48. The molecule has 7 aromatic carbocycles. The lowest BCUT2D eigenvalue weighted by atomic mass is 9.72. The summed E-state index contributed by atoms with van der Waals surface area (Å²) in [6, 6.07) is 58.1. The molecule has 2 aliphatic rings. The van der Waals surface area contributed by atoms with Gasteiger partial charge in [-0.25, -0.2) is 0 Å². The molecule has 1 heterocycles. The number of hydrogen-bond donors (Lipinski definition) is 0. The Morgan fingerprint density at radius 1 is 0.521 bits per heavy atom. The monoisotopic (exact) mass is 629 g/mol. The molecule has 10 rings (SSSR count). The van der Waals surface area contributed by atoms with E-state index in [2.05, 4.69) is 175 Å². The fourth-order valence-corrected chi connectivity index (χ4v) is 9.06. The molecule has 2 heteroatoms. The van der Waals surface area contributed by atoms with Crippen molar-refractivity contribution >= 4 is 59.2 Å². The molecule has 0 N–H and O–H groups in total. The number of rotatable bonds is 4. The predicted molar refractivity (Wildman–Crippen MR) is 206 cm³/mol. The van der Waals surface area contributed by atoms with Crippen LogP contribution < -0.4 is 4.90 Å². The van der Waals surface area contributed by atoms with Crippen molar-refractivity contribution in [2.75, 3.05) is 4.90 Å². The van der Waals surface area contributed by atoms with Crippen molar-refractivity contribution in [3.8, 4) is 22.3 Å². The zero-order chi connectivity index (χ0) is 31.6. The second-order valence-corrected chi connectivity index (χ2v) is 13.9. The Bertz CT molecular complexity index is 2610. The van der Waals surface area contributed by atoms with Crippen LogP contribution >= 0.6 is 11.3 Å². The first kappa shape index (κ1) is 27.4. The van der Waals surface area contributed by atoms with Crippen molar-refractivity contribution in [2.24, 2.45) is 0 Å². The topological polar surface area (TPSA) is 3.24 Å². The minimum absolute atomic E-state index is 0.340. The van der Waals surface area contributed by atoms with Crippen LogP contribution in [0.4, 0.5) is 11.4 Å². The average molecular weight is 630 g/mol. The van der Waals surface area contributed by atoms with E-state index < -0.39 is 0 Å². The van der Waals surface area contributed by atoms with Crippen LogP contribution in [0, 0.1) is 0 Å². The summed E-state index contributed by atoms with van der Waals surface area (Å²) >= 11 is 1.87. The molecule has 0 fully saturated rings. The Morgan fingerprint density at radius 2 is 1.23 bits per heavy atom. The molecule has 1 unspecified atom stereocenters. The second-order valence-electron chi connectivity index (χ2n) is 12.8. The van der Waals surface area contributed by atoms with Crippen LogP contribution in [-0.4, -0.2) is 0 Å². The molecule has 0 saturated heterocycles. The van der Waals surface area contributed by atoms with E-state index in [9.17, 15) is 0 Å². The molecule has 0 spiro atoms. The summed E-state index contributed by atoms with van der Waals surface area (Å²) < 4.78 is 2.67. The molecule has 2 aliphatic carbocycles. The van der Waals surface area contributed by atoms with Crippen LogP contribution in [0.1, 0.15) is 23.5 Å². The Labute approximate surface area is 284 Å². The molecule has 1 atom stereocenters. The van der Waals surface area contributed by atoms with Crippen LogP contribution in [0.2, 0.25) is 0 Å². The van der Waals surface area contributed by atoms with Gasteiger partial charge in [0.25, 0.3) is 0 Å². The number of allylic oxidation sites excluding steroid dienone is 3. The maximum absolute atomic E-state index is 2.48. The lowest BCUT2D eigenvalue weighted by molar-refractivity contribution is 0.854. The van der Waals surface area contributed by atoms with Crippen molar-refractivity contribution in [1.82, 2.24) is 0 Å². The van der Waals surface area contributed by atoms with E-state index in [1.54, 1.807) is 0 Å².